The molecule has 2 aromatic rings. The van der Waals surface area contributed by atoms with Gasteiger partial charge in [-0.05, 0) is 54.3 Å². The van der Waals surface area contributed by atoms with Crippen molar-refractivity contribution in [3.63, 3.8) is 0 Å². The maximum absolute atomic E-state index is 13.8. The zero-order chi connectivity index (χ0) is 14.9. The SMILES string of the molecule is COc1ccc(C(Cl)c2cc(C)c(C)cc2Cl)cc1F. The van der Waals surface area contributed by atoms with E-state index in [1.165, 1.54) is 13.2 Å². The molecule has 0 bridgehead atoms. The summed E-state index contributed by atoms with van der Waals surface area (Å²) in [6, 6.07) is 8.50. The van der Waals surface area contributed by atoms with Crippen LogP contribution in [0, 0.1) is 19.7 Å². The predicted octanol–water partition coefficient (Wildman–Crippen LogP) is 5.43. The molecule has 0 saturated heterocycles. The Kier molecular flexibility index (Phi) is 4.56. The summed E-state index contributed by atoms with van der Waals surface area (Å²) in [5.74, 6) is -0.237. The van der Waals surface area contributed by atoms with E-state index >= 15 is 0 Å². The second-order valence-electron chi connectivity index (χ2n) is 4.71. The van der Waals surface area contributed by atoms with Crippen molar-refractivity contribution in [2.45, 2.75) is 19.2 Å². The van der Waals surface area contributed by atoms with Crippen LogP contribution in [0.5, 0.6) is 5.75 Å². The highest BCUT2D eigenvalue weighted by Crippen LogP contribution is 2.36. The fourth-order valence-corrected chi connectivity index (χ4v) is 2.72. The summed E-state index contributed by atoms with van der Waals surface area (Å²) < 4.78 is 18.7. The molecule has 0 spiro atoms. The van der Waals surface area contributed by atoms with Gasteiger partial charge in [0.15, 0.2) is 11.6 Å². The molecule has 0 aliphatic heterocycles. The zero-order valence-corrected chi connectivity index (χ0v) is 13.0. The number of ether oxygens (including phenoxy) is 1. The molecule has 106 valence electrons. The minimum absolute atomic E-state index is 0.198. The van der Waals surface area contributed by atoms with Crippen molar-refractivity contribution in [2.75, 3.05) is 7.11 Å². The molecule has 0 aromatic heterocycles. The highest BCUT2D eigenvalue weighted by atomic mass is 35.5. The standard InChI is InChI=1S/C16H15Cl2FO/c1-9-6-12(13(17)7-10(9)2)16(18)11-4-5-15(20-3)14(19)8-11/h4-8,16H,1-3H3. The first-order chi connectivity index (χ1) is 9.43. The largest absolute Gasteiger partial charge is 0.494 e. The first-order valence-electron chi connectivity index (χ1n) is 6.18. The van der Waals surface area contributed by atoms with Gasteiger partial charge in [0.1, 0.15) is 0 Å². The van der Waals surface area contributed by atoms with E-state index in [-0.39, 0.29) is 5.75 Å². The van der Waals surface area contributed by atoms with Crippen LogP contribution in [0.15, 0.2) is 30.3 Å². The van der Waals surface area contributed by atoms with Crippen LogP contribution in [0.25, 0.3) is 0 Å². The first-order valence-corrected chi connectivity index (χ1v) is 6.99. The molecule has 0 heterocycles. The van der Waals surface area contributed by atoms with Crippen LogP contribution in [0.1, 0.15) is 27.6 Å². The van der Waals surface area contributed by atoms with E-state index in [0.29, 0.717) is 10.6 Å². The Morgan fingerprint density at radius 2 is 1.75 bits per heavy atom. The van der Waals surface area contributed by atoms with Crippen LogP contribution < -0.4 is 4.74 Å². The summed E-state index contributed by atoms with van der Waals surface area (Å²) in [6.07, 6.45) is 0. The average molecular weight is 313 g/mol. The molecular formula is C16H15Cl2FO. The monoisotopic (exact) mass is 312 g/mol. The van der Waals surface area contributed by atoms with Gasteiger partial charge < -0.3 is 4.74 Å². The normalized spacial score (nSPS) is 12.3. The summed E-state index contributed by atoms with van der Waals surface area (Å²) in [6.45, 7) is 3.98. The average Bonchev–Trinajstić information content (AvgIpc) is 2.42. The smallest absolute Gasteiger partial charge is 0.165 e. The molecule has 2 aromatic carbocycles. The Labute approximate surface area is 128 Å². The van der Waals surface area contributed by atoms with Gasteiger partial charge in [-0.25, -0.2) is 4.39 Å². The fourth-order valence-electron chi connectivity index (χ4n) is 2.02. The number of rotatable bonds is 3. The molecule has 1 nitrogen and oxygen atoms in total. The van der Waals surface area contributed by atoms with Crippen molar-refractivity contribution in [3.05, 3.63) is 63.4 Å². The van der Waals surface area contributed by atoms with Crippen LogP contribution in [-0.2, 0) is 0 Å². The number of methoxy groups -OCH3 is 1. The third-order valence-electron chi connectivity index (χ3n) is 3.35. The van der Waals surface area contributed by atoms with E-state index in [1.807, 2.05) is 26.0 Å². The quantitative estimate of drug-likeness (QED) is 0.686. The molecule has 0 aliphatic carbocycles. The van der Waals surface area contributed by atoms with Crippen molar-refractivity contribution in [1.82, 2.24) is 0 Å². The van der Waals surface area contributed by atoms with Crippen molar-refractivity contribution in [3.8, 4) is 5.75 Å². The van der Waals surface area contributed by atoms with Crippen molar-refractivity contribution >= 4 is 23.2 Å². The van der Waals surface area contributed by atoms with Crippen LogP contribution >= 0.6 is 23.2 Å². The summed E-state index contributed by atoms with van der Waals surface area (Å²) in [5.41, 5.74) is 3.63. The second kappa shape index (κ2) is 6.02. The lowest BCUT2D eigenvalue weighted by Crippen LogP contribution is -1.98. The molecule has 4 heteroatoms. The summed E-state index contributed by atoms with van der Waals surface area (Å²) >= 11 is 12.7. The topological polar surface area (TPSA) is 9.23 Å². The van der Waals surface area contributed by atoms with E-state index in [4.69, 9.17) is 27.9 Å². The second-order valence-corrected chi connectivity index (χ2v) is 5.56. The van der Waals surface area contributed by atoms with E-state index in [1.54, 1.807) is 12.1 Å². The van der Waals surface area contributed by atoms with Crippen molar-refractivity contribution in [2.24, 2.45) is 0 Å². The van der Waals surface area contributed by atoms with Gasteiger partial charge in [0.2, 0.25) is 0 Å². The van der Waals surface area contributed by atoms with Crippen LogP contribution in [0.2, 0.25) is 5.02 Å². The van der Waals surface area contributed by atoms with Crippen molar-refractivity contribution in [1.29, 1.82) is 0 Å². The Balaban J connectivity index is 2.43. The number of alkyl halides is 1. The number of aryl methyl sites for hydroxylation is 2. The minimum Gasteiger partial charge on any atom is -0.494 e. The lowest BCUT2D eigenvalue weighted by atomic mass is 9.99. The molecule has 2 rings (SSSR count). The van der Waals surface area contributed by atoms with Gasteiger partial charge >= 0.3 is 0 Å². The van der Waals surface area contributed by atoms with Gasteiger partial charge in [0.25, 0.3) is 0 Å². The highest BCUT2D eigenvalue weighted by molar-refractivity contribution is 6.33. The summed E-state index contributed by atoms with van der Waals surface area (Å²) in [5, 5.41) is 0.0894. The van der Waals surface area contributed by atoms with Gasteiger partial charge in [-0.2, -0.15) is 0 Å². The third-order valence-corrected chi connectivity index (χ3v) is 4.17. The molecule has 0 aliphatic rings. The molecule has 0 N–H and O–H groups in total. The van der Waals surface area contributed by atoms with Crippen LogP contribution in [-0.4, -0.2) is 7.11 Å². The number of hydrogen-bond acceptors (Lipinski definition) is 1. The minimum atomic E-state index is -0.498. The predicted molar refractivity (Wildman–Crippen MR) is 81.6 cm³/mol. The highest BCUT2D eigenvalue weighted by Gasteiger charge is 2.17. The van der Waals surface area contributed by atoms with Gasteiger partial charge in [-0.3, -0.25) is 0 Å². The van der Waals surface area contributed by atoms with E-state index in [0.717, 1.165) is 16.7 Å². The number of hydrogen-bond donors (Lipinski definition) is 0. The van der Waals surface area contributed by atoms with Gasteiger partial charge in [-0.1, -0.05) is 23.7 Å². The summed E-state index contributed by atoms with van der Waals surface area (Å²) in [7, 11) is 1.43. The molecule has 1 unspecified atom stereocenters. The molecule has 0 fully saturated rings. The molecule has 0 radical (unpaired) electrons. The van der Waals surface area contributed by atoms with Crippen LogP contribution in [0.3, 0.4) is 0 Å². The maximum Gasteiger partial charge on any atom is 0.165 e. The molecule has 0 amide bonds. The molecule has 20 heavy (non-hydrogen) atoms. The Morgan fingerprint density at radius 1 is 1.10 bits per heavy atom. The third kappa shape index (κ3) is 2.92. The van der Waals surface area contributed by atoms with Gasteiger partial charge in [0.05, 0.1) is 12.5 Å². The Bertz CT molecular complexity index is 641. The Morgan fingerprint density at radius 3 is 2.35 bits per heavy atom. The van der Waals surface area contributed by atoms with E-state index in [9.17, 15) is 4.39 Å². The Hall–Kier alpha value is -1.25. The molecular weight excluding hydrogens is 298 g/mol. The fraction of sp³-hybridized carbons (Fsp3) is 0.250. The first kappa shape index (κ1) is 15.1. The van der Waals surface area contributed by atoms with Gasteiger partial charge in [-0.15, -0.1) is 11.6 Å². The lowest BCUT2D eigenvalue weighted by Gasteiger charge is -2.15. The zero-order valence-electron chi connectivity index (χ0n) is 11.5. The maximum atomic E-state index is 13.8. The van der Waals surface area contributed by atoms with Crippen LogP contribution in [0.4, 0.5) is 4.39 Å². The number of benzene rings is 2. The van der Waals surface area contributed by atoms with Crippen molar-refractivity contribution < 1.29 is 9.13 Å². The molecule has 0 saturated carbocycles. The van der Waals surface area contributed by atoms with Gasteiger partial charge in [0, 0.05) is 5.02 Å². The molecule has 1 atom stereocenters. The summed E-state index contributed by atoms with van der Waals surface area (Å²) in [4.78, 5) is 0. The van der Waals surface area contributed by atoms with E-state index in [2.05, 4.69) is 0 Å². The lowest BCUT2D eigenvalue weighted by molar-refractivity contribution is 0.386. The number of halogens is 3. The van der Waals surface area contributed by atoms with E-state index < -0.39 is 11.2 Å².